The molecule has 1 amide bonds. The molecule has 1 aliphatic rings. The molecular formula is C17H25N5O2. The highest BCUT2D eigenvalue weighted by atomic mass is 16.5. The van der Waals surface area contributed by atoms with Crippen LogP contribution in [0.4, 0.5) is 0 Å². The molecule has 0 aromatic carbocycles. The van der Waals surface area contributed by atoms with E-state index in [0.717, 1.165) is 44.6 Å². The summed E-state index contributed by atoms with van der Waals surface area (Å²) in [5.74, 6) is -0.135. The SMILES string of the molecule is CCN(CC)Cc1cnc2c(C(=O)N[C@H]3CCCOC3)cnn2c1. The second kappa shape index (κ2) is 7.72. The monoisotopic (exact) mass is 331 g/mol. The average molecular weight is 331 g/mol. The first-order valence-electron chi connectivity index (χ1n) is 8.64. The molecule has 0 unspecified atom stereocenters. The van der Waals surface area contributed by atoms with Crippen molar-refractivity contribution in [2.45, 2.75) is 39.3 Å². The van der Waals surface area contributed by atoms with Crippen LogP contribution in [0, 0.1) is 0 Å². The van der Waals surface area contributed by atoms with Gasteiger partial charge in [-0.3, -0.25) is 9.69 Å². The van der Waals surface area contributed by atoms with Crippen LogP contribution in [-0.4, -0.2) is 57.8 Å². The summed E-state index contributed by atoms with van der Waals surface area (Å²) < 4.78 is 7.09. The first-order valence-corrected chi connectivity index (χ1v) is 8.64. The number of aromatic nitrogens is 3. The smallest absolute Gasteiger partial charge is 0.257 e. The van der Waals surface area contributed by atoms with E-state index in [4.69, 9.17) is 4.74 Å². The number of amides is 1. The minimum absolute atomic E-state index is 0.0724. The maximum Gasteiger partial charge on any atom is 0.257 e. The largest absolute Gasteiger partial charge is 0.379 e. The number of rotatable bonds is 6. The number of nitrogens with zero attached hydrogens (tertiary/aromatic N) is 4. The second-order valence-electron chi connectivity index (χ2n) is 6.14. The Bertz CT molecular complexity index is 689. The number of ether oxygens (including phenoxy) is 1. The van der Waals surface area contributed by atoms with Gasteiger partial charge in [0.1, 0.15) is 5.56 Å². The Kier molecular flexibility index (Phi) is 5.42. The Morgan fingerprint density at radius 3 is 2.96 bits per heavy atom. The molecule has 0 saturated carbocycles. The molecule has 2 aromatic rings. The fourth-order valence-electron chi connectivity index (χ4n) is 2.98. The molecular weight excluding hydrogens is 306 g/mol. The van der Waals surface area contributed by atoms with Gasteiger partial charge in [0.05, 0.1) is 18.8 Å². The van der Waals surface area contributed by atoms with Crippen LogP contribution in [0.15, 0.2) is 18.6 Å². The minimum atomic E-state index is -0.135. The molecule has 1 fully saturated rings. The standard InChI is InChI=1S/C17H25N5O2/c1-3-21(4-2)10-13-8-18-16-15(9-19-22(16)11-13)17(23)20-14-6-5-7-24-12-14/h8-9,11,14H,3-7,10,12H2,1-2H3,(H,20,23)/t14-/m0/s1. The maximum absolute atomic E-state index is 12.5. The third-order valence-electron chi connectivity index (χ3n) is 4.45. The first-order chi connectivity index (χ1) is 11.7. The minimum Gasteiger partial charge on any atom is -0.379 e. The molecule has 0 spiro atoms. The van der Waals surface area contributed by atoms with E-state index in [1.165, 1.54) is 0 Å². The van der Waals surface area contributed by atoms with Gasteiger partial charge < -0.3 is 10.1 Å². The van der Waals surface area contributed by atoms with Crippen LogP contribution in [0.1, 0.15) is 42.6 Å². The Balaban J connectivity index is 1.74. The molecule has 3 heterocycles. The molecule has 130 valence electrons. The molecule has 1 saturated heterocycles. The highest BCUT2D eigenvalue weighted by Crippen LogP contribution is 2.12. The molecule has 2 aromatic heterocycles. The van der Waals surface area contributed by atoms with Gasteiger partial charge in [-0.15, -0.1) is 0 Å². The van der Waals surface area contributed by atoms with Crippen LogP contribution in [-0.2, 0) is 11.3 Å². The highest BCUT2D eigenvalue weighted by Gasteiger charge is 2.20. The van der Waals surface area contributed by atoms with E-state index in [1.54, 1.807) is 10.7 Å². The normalized spacial score (nSPS) is 18.2. The summed E-state index contributed by atoms with van der Waals surface area (Å²) in [4.78, 5) is 19.2. The van der Waals surface area contributed by atoms with Gasteiger partial charge in [0.25, 0.3) is 5.91 Å². The first kappa shape index (κ1) is 16.9. The van der Waals surface area contributed by atoms with Crippen molar-refractivity contribution < 1.29 is 9.53 Å². The van der Waals surface area contributed by atoms with Crippen molar-refractivity contribution in [3.8, 4) is 0 Å². The van der Waals surface area contributed by atoms with Crippen LogP contribution >= 0.6 is 0 Å². The molecule has 7 nitrogen and oxygen atoms in total. The molecule has 1 atom stereocenters. The zero-order chi connectivity index (χ0) is 16.9. The summed E-state index contributed by atoms with van der Waals surface area (Å²) in [6.07, 6.45) is 7.29. The predicted molar refractivity (Wildman–Crippen MR) is 90.9 cm³/mol. The Morgan fingerprint density at radius 2 is 2.25 bits per heavy atom. The third-order valence-corrected chi connectivity index (χ3v) is 4.45. The summed E-state index contributed by atoms with van der Waals surface area (Å²) in [5, 5.41) is 7.31. The molecule has 0 aliphatic carbocycles. The predicted octanol–water partition coefficient (Wildman–Crippen LogP) is 1.48. The van der Waals surface area contributed by atoms with Gasteiger partial charge in [0.2, 0.25) is 0 Å². The second-order valence-corrected chi connectivity index (χ2v) is 6.14. The number of nitrogens with one attached hydrogen (secondary N) is 1. The van der Waals surface area contributed by atoms with Gasteiger partial charge in [0, 0.05) is 31.1 Å². The number of hydrogen-bond donors (Lipinski definition) is 1. The zero-order valence-corrected chi connectivity index (χ0v) is 14.4. The Morgan fingerprint density at radius 1 is 1.42 bits per heavy atom. The molecule has 0 radical (unpaired) electrons. The lowest BCUT2D eigenvalue weighted by Gasteiger charge is -2.22. The lowest BCUT2D eigenvalue weighted by molar-refractivity contribution is 0.0625. The van der Waals surface area contributed by atoms with E-state index in [2.05, 4.69) is 34.1 Å². The fraction of sp³-hybridized carbons (Fsp3) is 0.588. The number of carbonyl (C=O) groups is 1. The maximum atomic E-state index is 12.5. The molecule has 3 rings (SSSR count). The highest BCUT2D eigenvalue weighted by molar-refractivity contribution is 5.99. The van der Waals surface area contributed by atoms with Crippen molar-refractivity contribution in [3.05, 3.63) is 29.7 Å². The molecule has 24 heavy (non-hydrogen) atoms. The number of carbonyl (C=O) groups excluding carboxylic acids is 1. The lowest BCUT2D eigenvalue weighted by Crippen LogP contribution is -2.40. The van der Waals surface area contributed by atoms with E-state index >= 15 is 0 Å². The fourth-order valence-corrected chi connectivity index (χ4v) is 2.98. The topological polar surface area (TPSA) is 71.8 Å². The van der Waals surface area contributed by atoms with Gasteiger partial charge in [-0.25, -0.2) is 9.50 Å². The zero-order valence-electron chi connectivity index (χ0n) is 14.4. The summed E-state index contributed by atoms with van der Waals surface area (Å²) in [5.41, 5.74) is 2.18. The van der Waals surface area contributed by atoms with Crippen molar-refractivity contribution >= 4 is 11.6 Å². The summed E-state index contributed by atoms with van der Waals surface area (Å²) in [6.45, 7) is 8.44. The Labute approximate surface area is 142 Å². The van der Waals surface area contributed by atoms with E-state index in [0.29, 0.717) is 17.8 Å². The van der Waals surface area contributed by atoms with E-state index in [-0.39, 0.29) is 11.9 Å². The van der Waals surface area contributed by atoms with Crippen LogP contribution in [0.2, 0.25) is 0 Å². The molecule has 7 heteroatoms. The van der Waals surface area contributed by atoms with Crippen LogP contribution in [0.25, 0.3) is 5.65 Å². The van der Waals surface area contributed by atoms with Crippen LogP contribution < -0.4 is 5.32 Å². The number of fused-ring (bicyclic) bond motifs is 1. The van der Waals surface area contributed by atoms with Crippen LogP contribution in [0.3, 0.4) is 0 Å². The van der Waals surface area contributed by atoms with Crippen molar-refractivity contribution in [1.82, 2.24) is 24.8 Å². The van der Waals surface area contributed by atoms with Crippen molar-refractivity contribution in [2.24, 2.45) is 0 Å². The summed E-state index contributed by atoms with van der Waals surface area (Å²) >= 11 is 0. The van der Waals surface area contributed by atoms with E-state index < -0.39 is 0 Å². The molecule has 1 aliphatic heterocycles. The van der Waals surface area contributed by atoms with E-state index in [9.17, 15) is 4.79 Å². The molecule has 1 N–H and O–H groups in total. The number of hydrogen-bond acceptors (Lipinski definition) is 5. The third kappa shape index (κ3) is 3.73. The summed E-state index contributed by atoms with van der Waals surface area (Å²) in [6, 6.07) is 0.0724. The van der Waals surface area contributed by atoms with Gasteiger partial charge in [-0.2, -0.15) is 5.10 Å². The van der Waals surface area contributed by atoms with Gasteiger partial charge >= 0.3 is 0 Å². The lowest BCUT2D eigenvalue weighted by atomic mass is 10.1. The van der Waals surface area contributed by atoms with Crippen LogP contribution in [0.5, 0.6) is 0 Å². The van der Waals surface area contributed by atoms with Crippen molar-refractivity contribution in [1.29, 1.82) is 0 Å². The quantitative estimate of drug-likeness (QED) is 0.868. The molecule has 0 bridgehead atoms. The van der Waals surface area contributed by atoms with Crippen molar-refractivity contribution in [3.63, 3.8) is 0 Å². The Hall–Kier alpha value is -1.99. The van der Waals surface area contributed by atoms with Gasteiger partial charge in [0.15, 0.2) is 5.65 Å². The van der Waals surface area contributed by atoms with E-state index in [1.807, 2.05) is 12.4 Å². The average Bonchev–Trinajstić information content (AvgIpc) is 3.03. The van der Waals surface area contributed by atoms with Crippen molar-refractivity contribution in [2.75, 3.05) is 26.3 Å². The van der Waals surface area contributed by atoms with Gasteiger partial charge in [-0.1, -0.05) is 13.8 Å². The summed E-state index contributed by atoms with van der Waals surface area (Å²) in [7, 11) is 0. The van der Waals surface area contributed by atoms with Gasteiger partial charge in [-0.05, 0) is 25.9 Å².